The van der Waals surface area contributed by atoms with Crippen LogP contribution in [0.15, 0.2) is 97.1 Å². The van der Waals surface area contributed by atoms with E-state index in [1.807, 2.05) is 72.8 Å². The molecule has 0 fully saturated rings. The summed E-state index contributed by atoms with van der Waals surface area (Å²) in [4.78, 5) is 34.2. The third-order valence-corrected chi connectivity index (χ3v) is 6.68. The molecule has 0 aliphatic heterocycles. The second-order valence-electron chi connectivity index (χ2n) is 8.98. The van der Waals surface area contributed by atoms with E-state index in [2.05, 4.69) is 24.3 Å². The number of carbonyl (C=O) groups excluding carboxylic acids is 2. The first-order valence-electron chi connectivity index (χ1n) is 11.9. The van der Waals surface area contributed by atoms with E-state index in [-0.39, 0.29) is 11.6 Å². The van der Waals surface area contributed by atoms with E-state index in [9.17, 15) is 9.59 Å². The van der Waals surface area contributed by atoms with E-state index in [0.29, 0.717) is 11.1 Å². The van der Waals surface area contributed by atoms with Crippen LogP contribution in [0.4, 0.5) is 0 Å². The Balaban J connectivity index is 1.72. The van der Waals surface area contributed by atoms with Crippen molar-refractivity contribution < 1.29 is 9.59 Å². The zero-order chi connectivity index (χ0) is 24.8. The Bertz CT molecular complexity index is 1680. The minimum Gasteiger partial charge on any atom is -0.295 e. The molecule has 1 heterocycles. The van der Waals surface area contributed by atoms with Crippen molar-refractivity contribution in [3.63, 3.8) is 0 Å². The normalized spacial score (nSPS) is 11.3. The van der Waals surface area contributed by atoms with Crippen molar-refractivity contribution in [1.29, 1.82) is 0 Å². The van der Waals surface area contributed by atoms with E-state index in [4.69, 9.17) is 9.97 Å². The summed E-state index contributed by atoms with van der Waals surface area (Å²) < 4.78 is 0. The molecule has 4 heteroatoms. The summed E-state index contributed by atoms with van der Waals surface area (Å²) in [6.45, 7) is 3.12. The summed E-state index contributed by atoms with van der Waals surface area (Å²) in [5, 5.41) is 4.34. The number of carbonyl (C=O) groups is 2. The third-order valence-electron chi connectivity index (χ3n) is 6.68. The molecule has 4 nitrogen and oxygen atoms in total. The Kier molecular flexibility index (Phi) is 5.15. The largest absolute Gasteiger partial charge is 0.295 e. The molecule has 5 aromatic carbocycles. The Labute approximate surface area is 208 Å². The highest BCUT2D eigenvalue weighted by atomic mass is 16.1. The lowest BCUT2D eigenvalue weighted by molar-refractivity contribution is 0.100. The Morgan fingerprint density at radius 1 is 0.472 bits per heavy atom. The number of hydrogen-bond donors (Lipinski definition) is 0. The first-order chi connectivity index (χ1) is 17.5. The van der Waals surface area contributed by atoms with E-state index >= 15 is 0 Å². The van der Waals surface area contributed by atoms with Gasteiger partial charge in [-0.2, -0.15) is 0 Å². The lowest BCUT2D eigenvalue weighted by Gasteiger charge is -2.15. The van der Waals surface area contributed by atoms with Gasteiger partial charge in [-0.15, -0.1) is 0 Å². The SMILES string of the molecule is CC(=O)c1ccc(-c2nc3c4ccccc4c4ccccc4c3nc2-c2ccc(C(C)=O)cc2)cc1. The van der Waals surface area contributed by atoms with Crippen LogP contribution in [-0.2, 0) is 0 Å². The van der Waals surface area contributed by atoms with E-state index in [1.165, 1.54) is 0 Å². The number of hydrogen-bond acceptors (Lipinski definition) is 4. The summed E-state index contributed by atoms with van der Waals surface area (Å²) in [7, 11) is 0. The van der Waals surface area contributed by atoms with Gasteiger partial charge >= 0.3 is 0 Å². The molecule has 6 rings (SSSR count). The van der Waals surface area contributed by atoms with Crippen LogP contribution in [0.25, 0.3) is 55.1 Å². The lowest BCUT2D eigenvalue weighted by atomic mass is 9.97. The van der Waals surface area contributed by atoms with Crippen LogP contribution in [0.1, 0.15) is 34.6 Å². The van der Waals surface area contributed by atoms with Crippen LogP contribution in [0.3, 0.4) is 0 Å². The molecular formula is C32H22N2O2. The van der Waals surface area contributed by atoms with Gasteiger partial charge in [0.25, 0.3) is 0 Å². The van der Waals surface area contributed by atoms with Gasteiger partial charge in [0.05, 0.1) is 22.4 Å². The summed E-state index contributed by atoms with van der Waals surface area (Å²) in [5.74, 6) is 0.0345. The van der Waals surface area contributed by atoms with Gasteiger partial charge in [-0.1, -0.05) is 97.1 Å². The first-order valence-corrected chi connectivity index (χ1v) is 11.9. The van der Waals surface area contributed by atoms with Crippen LogP contribution in [0, 0.1) is 0 Å². The molecule has 0 amide bonds. The highest BCUT2D eigenvalue weighted by Crippen LogP contribution is 2.38. The molecule has 0 saturated carbocycles. The highest BCUT2D eigenvalue weighted by Gasteiger charge is 2.18. The van der Waals surface area contributed by atoms with Crippen molar-refractivity contribution in [2.24, 2.45) is 0 Å². The van der Waals surface area contributed by atoms with Gasteiger partial charge in [0.1, 0.15) is 0 Å². The summed E-state index contributed by atoms with van der Waals surface area (Å²) in [6, 6.07) is 31.5. The van der Waals surface area contributed by atoms with Gasteiger partial charge in [-0.25, -0.2) is 9.97 Å². The molecule has 0 aliphatic rings. The average molecular weight is 467 g/mol. The molecule has 1 aromatic heterocycles. The van der Waals surface area contributed by atoms with Gasteiger partial charge < -0.3 is 0 Å². The topological polar surface area (TPSA) is 59.9 Å². The summed E-state index contributed by atoms with van der Waals surface area (Å²) in [6.07, 6.45) is 0. The average Bonchev–Trinajstić information content (AvgIpc) is 2.92. The van der Waals surface area contributed by atoms with Crippen LogP contribution >= 0.6 is 0 Å². The number of rotatable bonds is 4. The second kappa shape index (κ2) is 8.51. The highest BCUT2D eigenvalue weighted by molar-refractivity contribution is 6.23. The Morgan fingerprint density at radius 2 is 0.806 bits per heavy atom. The molecule has 0 unspecified atom stereocenters. The minimum absolute atomic E-state index is 0.0173. The van der Waals surface area contributed by atoms with E-state index in [1.54, 1.807) is 13.8 Å². The molecule has 0 radical (unpaired) electrons. The molecule has 0 bridgehead atoms. The number of fused-ring (bicyclic) bond motifs is 6. The van der Waals surface area contributed by atoms with Crippen LogP contribution in [0.5, 0.6) is 0 Å². The lowest BCUT2D eigenvalue weighted by Crippen LogP contribution is -1.99. The molecule has 172 valence electrons. The van der Waals surface area contributed by atoms with Crippen molar-refractivity contribution in [2.75, 3.05) is 0 Å². The smallest absolute Gasteiger partial charge is 0.159 e. The van der Waals surface area contributed by atoms with Gasteiger partial charge in [-0.3, -0.25) is 9.59 Å². The Morgan fingerprint density at radius 3 is 1.14 bits per heavy atom. The van der Waals surface area contributed by atoms with Crippen LogP contribution < -0.4 is 0 Å². The van der Waals surface area contributed by atoms with Crippen molar-refractivity contribution in [2.45, 2.75) is 13.8 Å². The molecule has 0 saturated heterocycles. The summed E-state index contributed by atoms with van der Waals surface area (Å²) >= 11 is 0. The number of benzene rings is 5. The maximum Gasteiger partial charge on any atom is 0.159 e. The predicted octanol–water partition coefficient (Wildman–Crippen LogP) is 7.68. The van der Waals surface area contributed by atoms with Crippen LogP contribution in [0.2, 0.25) is 0 Å². The van der Waals surface area contributed by atoms with E-state index in [0.717, 1.165) is 55.1 Å². The van der Waals surface area contributed by atoms with Gasteiger partial charge in [0.15, 0.2) is 11.6 Å². The van der Waals surface area contributed by atoms with Gasteiger partial charge in [-0.05, 0) is 24.6 Å². The molecular weight excluding hydrogens is 444 g/mol. The van der Waals surface area contributed by atoms with Crippen LogP contribution in [-0.4, -0.2) is 21.5 Å². The van der Waals surface area contributed by atoms with Crippen molar-refractivity contribution in [3.8, 4) is 22.5 Å². The fourth-order valence-electron chi connectivity index (χ4n) is 4.79. The van der Waals surface area contributed by atoms with E-state index < -0.39 is 0 Å². The zero-order valence-corrected chi connectivity index (χ0v) is 19.9. The fraction of sp³-hybridized carbons (Fsp3) is 0.0625. The second-order valence-corrected chi connectivity index (χ2v) is 8.98. The van der Waals surface area contributed by atoms with Gasteiger partial charge in [0, 0.05) is 33.0 Å². The molecule has 0 aliphatic carbocycles. The maximum atomic E-state index is 11.9. The number of Topliss-reactive ketones (excluding diaryl/α,β-unsaturated/α-hetero) is 2. The van der Waals surface area contributed by atoms with Gasteiger partial charge in [0.2, 0.25) is 0 Å². The van der Waals surface area contributed by atoms with Crippen molar-refractivity contribution in [3.05, 3.63) is 108 Å². The quantitative estimate of drug-likeness (QED) is 0.197. The minimum atomic E-state index is 0.0173. The molecule has 0 N–H and O–H groups in total. The molecule has 0 spiro atoms. The predicted molar refractivity (Wildman–Crippen MR) is 145 cm³/mol. The third kappa shape index (κ3) is 3.55. The zero-order valence-electron chi connectivity index (χ0n) is 19.9. The summed E-state index contributed by atoms with van der Waals surface area (Å²) in [5.41, 5.74) is 6.17. The molecule has 36 heavy (non-hydrogen) atoms. The maximum absolute atomic E-state index is 11.9. The van der Waals surface area contributed by atoms with Crippen molar-refractivity contribution in [1.82, 2.24) is 9.97 Å². The molecule has 0 atom stereocenters. The number of ketones is 2. The Hall–Kier alpha value is -4.70. The fourth-order valence-corrected chi connectivity index (χ4v) is 4.79. The molecule has 6 aromatic rings. The first kappa shape index (κ1) is 21.8. The standard InChI is InChI=1S/C32H22N2O2/c1-19(35)21-11-15-23(16-12-21)29-30(24-17-13-22(14-18-24)20(2)36)34-32-28-10-6-4-8-26(28)25-7-3-5-9-27(25)31(32)33-29/h3-18H,1-2H3. The number of nitrogens with zero attached hydrogens (tertiary/aromatic N) is 2. The number of aromatic nitrogens is 2. The van der Waals surface area contributed by atoms with Crippen molar-refractivity contribution >= 4 is 44.1 Å². The monoisotopic (exact) mass is 466 g/mol.